The van der Waals surface area contributed by atoms with Crippen LogP contribution in [-0.4, -0.2) is 12.7 Å². The molecule has 0 saturated heterocycles. The van der Waals surface area contributed by atoms with E-state index in [0.717, 1.165) is 13.2 Å². The van der Waals surface area contributed by atoms with E-state index in [1.165, 1.54) is 11.1 Å². The second-order valence-electron chi connectivity index (χ2n) is 4.53. The fraction of sp³-hybridized carbons (Fsp3) is 0.333. The molecule has 18 heavy (non-hydrogen) atoms. The first-order valence-corrected chi connectivity index (χ1v) is 6.33. The number of rotatable bonds is 5. The zero-order chi connectivity index (χ0) is 12.8. The molecule has 0 amide bonds. The highest BCUT2D eigenvalue weighted by molar-refractivity contribution is 5.60. The van der Waals surface area contributed by atoms with Crippen LogP contribution in [0, 0.1) is 0 Å². The van der Waals surface area contributed by atoms with Gasteiger partial charge in [-0.15, -0.1) is 0 Å². The van der Waals surface area contributed by atoms with Crippen LogP contribution in [0.5, 0.6) is 0 Å². The molecule has 94 valence electrons. The van der Waals surface area contributed by atoms with Crippen molar-refractivity contribution < 1.29 is 14.3 Å². The van der Waals surface area contributed by atoms with Gasteiger partial charge in [-0.3, -0.25) is 0 Å². The van der Waals surface area contributed by atoms with Crippen LogP contribution in [0.1, 0.15) is 13.8 Å². The van der Waals surface area contributed by atoms with Crippen LogP contribution >= 0.6 is 0 Å². The average molecular weight is 244 g/mol. The van der Waals surface area contributed by atoms with Gasteiger partial charge in [0.25, 0.3) is 0 Å². The van der Waals surface area contributed by atoms with Crippen molar-refractivity contribution in [2.75, 3.05) is 6.61 Å². The molecule has 0 fully saturated rings. The Kier molecular flexibility index (Phi) is 4.42. The number of aromatic amines is 1. The summed E-state index contributed by atoms with van der Waals surface area (Å²) in [5, 5.41) is 0. The largest absolute Gasteiger partial charge is 0.372 e. The number of nitrogens with zero attached hydrogens (tertiary/aromatic N) is 1. The smallest absolute Gasteiger partial charge is 0.171 e. The van der Waals surface area contributed by atoms with E-state index in [4.69, 9.17) is 4.74 Å². The predicted molar refractivity (Wildman–Crippen MR) is 69.7 cm³/mol. The van der Waals surface area contributed by atoms with Crippen LogP contribution in [0.2, 0.25) is 0 Å². The third-order valence-electron chi connectivity index (χ3n) is 2.74. The molecule has 0 spiro atoms. The Hall–Kier alpha value is -1.74. The van der Waals surface area contributed by atoms with E-state index in [1.807, 2.05) is 12.4 Å². The number of nitrogens with one attached hydrogen (secondary N) is 1. The summed E-state index contributed by atoms with van der Waals surface area (Å²) >= 11 is 0. The van der Waals surface area contributed by atoms with Gasteiger partial charge in [0.1, 0.15) is 6.61 Å². The van der Waals surface area contributed by atoms with Gasteiger partial charge in [0, 0.05) is 24.3 Å². The van der Waals surface area contributed by atoms with Gasteiger partial charge in [0.2, 0.25) is 0 Å². The molecule has 2 rings (SSSR count). The molecule has 0 unspecified atom stereocenters. The molecule has 2 aromatic rings. The molecule has 0 aliphatic rings. The normalized spacial score (nSPS) is 10.8. The maximum Gasteiger partial charge on any atom is 0.171 e. The van der Waals surface area contributed by atoms with Gasteiger partial charge in [-0.05, 0) is 25.0 Å². The van der Waals surface area contributed by atoms with E-state index in [1.54, 1.807) is 0 Å². The van der Waals surface area contributed by atoms with Crippen LogP contribution in [0.25, 0.3) is 11.1 Å². The molecule has 0 bridgehead atoms. The minimum atomic E-state index is 0.297. The topological polar surface area (TPSA) is 27.2 Å². The van der Waals surface area contributed by atoms with Crippen molar-refractivity contribution in [1.29, 1.82) is 0 Å². The van der Waals surface area contributed by atoms with Crippen LogP contribution < -0.4 is 9.55 Å². The maximum absolute atomic E-state index is 5.54. The van der Waals surface area contributed by atoms with E-state index in [-0.39, 0.29) is 0 Å². The Labute approximate surface area is 108 Å². The lowest BCUT2D eigenvalue weighted by Crippen LogP contribution is -2.35. The lowest BCUT2D eigenvalue weighted by molar-refractivity contribution is -0.698. The van der Waals surface area contributed by atoms with E-state index in [0.29, 0.717) is 6.10 Å². The molecule has 3 heteroatoms. The van der Waals surface area contributed by atoms with Gasteiger partial charge in [-0.1, -0.05) is 0 Å². The van der Waals surface area contributed by atoms with E-state index < -0.39 is 0 Å². The van der Waals surface area contributed by atoms with Gasteiger partial charge < -0.3 is 4.74 Å². The molecular weight excluding hydrogens is 224 g/mol. The molecule has 0 aliphatic carbocycles. The predicted octanol–water partition coefficient (Wildman–Crippen LogP) is 1.88. The molecule has 3 nitrogen and oxygen atoms in total. The third-order valence-corrected chi connectivity index (χ3v) is 2.74. The Balaban J connectivity index is 1.98. The van der Waals surface area contributed by atoms with Gasteiger partial charge in [-0.2, -0.15) is 0 Å². The van der Waals surface area contributed by atoms with Crippen LogP contribution in [0.15, 0.2) is 49.1 Å². The van der Waals surface area contributed by atoms with Crippen molar-refractivity contribution in [3.63, 3.8) is 0 Å². The molecule has 0 aliphatic heterocycles. The summed E-state index contributed by atoms with van der Waals surface area (Å²) in [4.78, 5) is 3.03. The van der Waals surface area contributed by atoms with Crippen molar-refractivity contribution in [2.24, 2.45) is 0 Å². The van der Waals surface area contributed by atoms with Crippen LogP contribution in [0.3, 0.4) is 0 Å². The molecule has 0 atom stereocenters. The number of ether oxygens (including phenoxy) is 1. The summed E-state index contributed by atoms with van der Waals surface area (Å²) in [6.07, 6.45) is 8.36. The van der Waals surface area contributed by atoms with Crippen molar-refractivity contribution in [1.82, 2.24) is 0 Å². The summed E-state index contributed by atoms with van der Waals surface area (Å²) in [6.45, 7) is 5.75. The SMILES string of the molecule is CC(C)OCC[n+]1ccc(-c2cc[nH+]cc2)cc1. The molecule has 2 heterocycles. The molecule has 0 saturated carbocycles. The van der Waals surface area contributed by atoms with Crippen molar-refractivity contribution in [3.8, 4) is 11.1 Å². The molecule has 2 aromatic heterocycles. The fourth-order valence-electron chi connectivity index (χ4n) is 1.77. The van der Waals surface area contributed by atoms with Crippen LogP contribution in [0.4, 0.5) is 0 Å². The number of aromatic nitrogens is 2. The average Bonchev–Trinajstić information content (AvgIpc) is 2.40. The quantitative estimate of drug-likeness (QED) is 0.738. The fourth-order valence-corrected chi connectivity index (χ4v) is 1.77. The lowest BCUT2D eigenvalue weighted by Gasteiger charge is -2.04. The number of pyridine rings is 2. The first-order chi connectivity index (χ1) is 8.75. The molecule has 0 radical (unpaired) electrons. The number of hydrogen-bond donors (Lipinski definition) is 0. The number of hydrogen-bond acceptors (Lipinski definition) is 1. The van der Waals surface area contributed by atoms with Crippen LogP contribution in [-0.2, 0) is 11.3 Å². The van der Waals surface area contributed by atoms with Crippen molar-refractivity contribution in [3.05, 3.63) is 49.1 Å². The molecule has 1 N–H and O–H groups in total. The van der Waals surface area contributed by atoms with Crippen molar-refractivity contribution >= 4 is 0 Å². The van der Waals surface area contributed by atoms with Gasteiger partial charge in [-0.25, -0.2) is 9.55 Å². The van der Waals surface area contributed by atoms with E-state index in [9.17, 15) is 0 Å². The minimum Gasteiger partial charge on any atom is -0.372 e. The zero-order valence-corrected chi connectivity index (χ0v) is 11.0. The highest BCUT2D eigenvalue weighted by atomic mass is 16.5. The second kappa shape index (κ2) is 6.26. The first kappa shape index (κ1) is 12.7. The summed E-state index contributed by atoms with van der Waals surface area (Å²) in [7, 11) is 0. The van der Waals surface area contributed by atoms with Gasteiger partial charge in [0.05, 0.1) is 6.10 Å². The zero-order valence-electron chi connectivity index (χ0n) is 11.0. The minimum absolute atomic E-state index is 0.297. The summed E-state index contributed by atoms with van der Waals surface area (Å²) in [5.41, 5.74) is 2.45. The van der Waals surface area contributed by atoms with E-state index >= 15 is 0 Å². The highest BCUT2D eigenvalue weighted by Crippen LogP contribution is 2.14. The highest BCUT2D eigenvalue weighted by Gasteiger charge is 2.04. The monoisotopic (exact) mass is 244 g/mol. The lowest BCUT2D eigenvalue weighted by atomic mass is 10.1. The molecular formula is C15H20N2O+2. The second-order valence-corrected chi connectivity index (χ2v) is 4.53. The third kappa shape index (κ3) is 3.64. The Bertz CT molecular complexity index is 466. The van der Waals surface area contributed by atoms with Gasteiger partial charge in [0.15, 0.2) is 31.3 Å². The number of H-pyrrole nitrogens is 1. The standard InChI is InChI=1S/C15H19N2O/c1-13(2)18-12-11-17-9-5-15(6-10-17)14-3-7-16-8-4-14/h3-10,13H,11-12H2,1-2H3/q+1/p+1. The van der Waals surface area contributed by atoms with E-state index in [2.05, 4.69) is 60.1 Å². The van der Waals surface area contributed by atoms with Gasteiger partial charge >= 0.3 is 0 Å². The maximum atomic E-state index is 5.54. The summed E-state index contributed by atoms with van der Waals surface area (Å²) < 4.78 is 7.68. The Morgan fingerprint density at radius 1 is 1.06 bits per heavy atom. The first-order valence-electron chi connectivity index (χ1n) is 6.33. The Morgan fingerprint density at radius 3 is 2.28 bits per heavy atom. The summed E-state index contributed by atoms with van der Waals surface area (Å²) in [5.74, 6) is 0. The van der Waals surface area contributed by atoms with Crippen molar-refractivity contribution in [2.45, 2.75) is 26.5 Å². The Morgan fingerprint density at radius 2 is 1.67 bits per heavy atom. The molecule has 0 aromatic carbocycles. The summed E-state index contributed by atoms with van der Waals surface area (Å²) in [6, 6.07) is 8.40.